The second-order valence-corrected chi connectivity index (χ2v) is 9.14. The summed E-state index contributed by atoms with van der Waals surface area (Å²) in [4.78, 5) is 19.5. The van der Waals surface area contributed by atoms with Crippen molar-refractivity contribution in [1.29, 1.82) is 0 Å². The number of thiazole rings is 1. The van der Waals surface area contributed by atoms with E-state index in [4.69, 9.17) is 0 Å². The number of carbonyl (C=O) groups is 1. The molecule has 1 N–H and O–H groups in total. The summed E-state index contributed by atoms with van der Waals surface area (Å²) in [7, 11) is 1.82. The van der Waals surface area contributed by atoms with Gasteiger partial charge in [-0.2, -0.15) is 0 Å². The molecule has 24 heavy (non-hydrogen) atoms. The van der Waals surface area contributed by atoms with Gasteiger partial charge in [-0.3, -0.25) is 9.69 Å². The van der Waals surface area contributed by atoms with Crippen LogP contribution in [-0.4, -0.2) is 39.4 Å². The van der Waals surface area contributed by atoms with Crippen molar-refractivity contribution < 1.29 is 4.79 Å². The van der Waals surface area contributed by atoms with Crippen molar-refractivity contribution in [3.63, 3.8) is 0 Å². The van der Waals surface area contributed by atoms with Crippen LogP contribution in [0.25, 0.3) is 0 Å². The Kier molecular flexibility index (Phi) is 6.07. The number of nitrogens with zero attached hydrogens (tertiary/aromatic N) is 4. The van der Waals surface area contributed by atoms with Crippen molar-refractivity contribution in [3.8, 4) is 0 Å². The molecule has 9 heteroatoms. The Bertz CT molecular complexity index is 654. The van der Waals surface area contributed by atoms with Gasteiger partial charge in [0.25, 0.3) is 0 Å². The maximum Gasteiger partial charge on any atom is 0.242 e. The number of amides is 1. The predicted octanol–water partition coefficient (Wildman–Crippen LogP) is 3.88. The molecule has 1 saturated carbocycles. The summed E-state index contributed by atoms with van der Waals surface area (Å²) in [6.45, 7) is 1.94. The van der Waals surface area contributed by atoms with Crippen LogP contribution in [0.3, 0.4) is 0 Å². The van der Waals surface area contributed by atoms with Gasteiger partial charge in [-0.25, -0.2) is 4.98 Å². The third kappa shape index (κ3) is 4.07. The highest BCUT2D eigenvalue weighted by Crippen LogP contribution is 2.34. The molecule has 0 aromatic carbocycles. The molecule has 0 aliphatic heterocycles. The second kappa shape index (κ2) is 8.26. The average Bonchev–Trinajstić information content (AvgIpc) is 3.28. The predicted molar refractivity (Wildman–Crippen MR) is 101 cm³/mol. The summed E-state index contributed by atoms with van der Waals surface area (Å²) in [6, 6.07) is 0.266. The number of nitrogens with one attached hydrogen (secondary N) is 1. The molecular weight excluding hydrogens is 362 g/mol. The standard InChI is InChI=1S/C15H21N5OS3/c1-10(23-15-19-18-13(16-2)24-15)12(21)20(14-17-8-9-22-14)11-6-4-3-5-7-11/h8-11H,3-7H2,1-2H3,(H,16,18)/t10-/m0/s1. The van der Waals surface area contributed by atoms with Gasteiger partial charge in [0, 0.05) is 24.7 Å². The lowest BCUT2D eigenvalue weighted by Gasteiger charge is -2.33. The van der Waals surface area contributed by atoms with Gasteiger partial charge in [0.1, 0.15) is 0 Å². The van der Waals surface area contributed by atoms with Crippen LogP contribution >= 0.6 is 34.4 Å². The fourth-order valence-electron chi connectivity index (χ4n) is 2.86. The molecule has 1 aliphatic carbocycles. The molecule has 2 heterocycles. The Labute approximate surface area is 154 Å². The number of hydrogen-bond acceptors (Lipinski definition) is 8. The lowest BCUT2D eigenvalue weighted by Crippen LogP contribution is -2.45. The summed E-state index contributed by atoms with van der Waals surface area (Å²) >= 11 is 4.47. The second-order valence-electron chi connectivity index (χ2n) is 5.70. The zero-order valence-electron chi connectivity index (χ0n) is 13.8. The van der Waals surface area contributed by atoms with Crippen molar-refractivity contribution in [2.45, 2.75) is 54.7 Å². The minimum atomic E-state index is -0.214. The van der Waals surface area contributed by atoms with Crippen LogP contribution in [0.2, 0.25) is 0 Å². The summed E-state index contributed by atoms with van der Waals surface area (Å²) in [5, 5.41) is 14.4. The average molecular weight is 384 g/mol. The van der Waals surface area contributed by atoms with Crippen LogP contribution < -0.4 is 10.2 Å². The quantitative estimate of drug-likeness (QED) is 0.763. The molecule has 0 unspecified atom stereocenters. The fraction of sp³-hybridized carbons (Fsp3) is 0.600. The number of carbonyl (C=O) groups excluding carboxylic acids is 1. The maximum absolute atomic E-state index is 13.1. The first-order valence-electron chi connectivity index (χ1n) is 8.09. The normalized spacial score (nSPS) is 16.8. The van der Waals surface area contributed by atoms with E-state index in [1.807, 2.05) is 24.3 Å². The molecule has 0 radical (unpaired) electrons. The van der Waals surface area contributed by atoms with E-state index >= 15 is 0 Å². The molecule has 2 aromatic heterocycles. The number of anilines is 2. The van der Waals surface area contributed by atoms with Crippen molar-refractivity contribution in [2.75, 3.05) is 17.3 Å². The minimum Gasteiger partial charge on any atom is -0.363 e. The minimum absolute atomic E-state index is 0.114. The fourth-order valence-corrected chi connectivity index (χ4v) is 5.48. The van der Waals surface area contributed by atoms with E-state index < -0.39 is 0 Å². The van der Waals surface area contributed by atoms with Crippen molar-refractivity contribution in [3.05, 3.63) is 11.6 Å². The molecular formula is C15H21N5OS3. The van der Waals surface area contributed by atoms with E-state index in [1.165, 1.54) is 53.7 Å². The third-order valence-corrected chi connectivity index (χ3v) is 6.93. The molecule has 0 saturated heterocycles. The summed E-state index contributed by atoms with van der Waals surface area (Å²) in [5.41, 5.74) is 0. The Morgan fingerprint density at radius 1 is 1.38 bits per heavy atom. The van der Waals surface area contributed by atoms with Gasteiger partial charge in [0.15, 0.2) is 9.47 Å². The van der Waals surface area contributed by atoms with Gasteiger partial charge in [0.2, 0.25) is 11.0 Å². The molecule has 1 atom stereocenters. The lowest BCUT2D eigenvalue weighted by molar-refractivity contribution is -0.118. The molecule has 2 aromatic rings. The largest absolute Gasteiger partial charge is 0.363 e. The monoisotopic (exact) mass is 383 g/mol. The molecule has 3 rings (SSSR count). The van der Waals surface area contributed by atoms with Gasteiger partial charge in [0.05, 0.1) is 5.25 Å². The Hall–Kier alpha value is -1.19. The highest BCUT2D eigenvalue weighted by Gasteiger charge is 2.32. The van der Waals surface area contributed by atoms with Crippen molar-refractivity contribution >= 4 is 50.6 Å². The highest BCUT2D eigenvalue weighted by molar-refractivity contribution is 8.02. The summed E-state index contributed by atoms with van der Waals surface area (Å²) in [5.74, 6) is 0.114. The van der Waals surface area contributed by atoms with Crippen molar-refractivity contribution in [1.82, 2.24) is 15.2 Å². The van der Waals surface area contributed by atoms with Gasteiger partial charge in [-0.1, -0.05) is 42.4 Å². The molecule has 130 valence electrons. The van der Waals surface area contributed by atoms with Crippen LogP contribution in [0, 0.1) is 0 Å². The molecule has 0 bridgehead atoms. The molecule has 1 amide bonds. The number of thioether (sulfide) groups is 1. The smallest absolute Gasteiger partial charge is 0.242 e. The third-order valence-electron chi connectivity index (χ3n) is 4.05. The van der Waals surface area contributed by atoms with Crippen LogP contribution in [-0.2, 0) is 4.79 Å². The number of rotatable bonds is 6. The Morgan fingerprint density at radius 3 is 2.79 bits per heavy atom. The maximum atomic E-state index is 13.1. The summed E-state index contributed by atoms with van der Waals surface area (Å²) in [6.07, 6.45) is 7.52. The van der Waals surface area contributed by atoms with Crippen molar-refractivity contribution in [2.24, 2.45) is 0 Å². The molecule has 1 aliphatic rings. The molecule has 6 nitrogen and oxygen atoms in total. The highest BCUT2D eigenvalue weighted by atomic mass is 32.2. The molecule has 1 fully saturated rings. The van der Waals surface area contributed by atoms with Crippen LogP contribution in [0.1, 0.15) is 39.0 Å². The van der Waals surface area contributed by atoms with E-state index in [-0.39, 0.29) is 17.2 Å². The van der Waals surface area contributed by atoms with Gasteiger partial charge >= 0.3 is 0 Å². The zero-order chi connectivity index (χ0) is 16.9. The van der Waals surface area contributed by atoms with Gasteiger partial charge in [-0.05, 0) is 19.8 Å². The SMILES string of the molecule is CNc1nnc(S[C@@H](C)C(=O)N(c2nccs2)C2CCCCC2)s1. The van der Waals surface area contributed by atoms with Gasteiger partial charge < -0.3 is 5.32 Å². The van der Waals surface area contributed by atoms with Crippen LogP contribution in [0.15, 0.2) is 15.9 Å². The van der Waals surface area contributed by atoms with E-state index in [0.29, 0.717) is 0 Å². The zero-order valence-corrected chi connectivity index (χ0v) is 16.2. The van der Waals surface area contributed by atoms with E-state index in [9.17, 15) is 4.79 Å². The number of aromatic nitrogens is 3. The van der Waals surface area contributed by atoms with Crippen LogP contribution in [0.4, 0.5) is 10.3 Å². The van der Waals surface area contributed by atoms with Gasteiger partial charge in [-0.15, -0.1) is 21.5 Å². The number of hydrogen-bond donors (Lipinski definition) is 1. The first kappa shape index (κ1) is 17.6. The van der Waals surface area contributed by atoms with E-state index in [2.05, 4.69) is 20.5 Å². The Balaban J connectivity index is 1.74. The first-order chi connectivity index (χ1) is 11.7. The lowest BCUT2D eigenvalue weighted by atomic mass is 9.94. The molecule has 0 spiro atoms. The summed E-state index contributed by atoms with van der Waals surface area (Å²) < 4.78 is 0.808. The van der Waals surface area contributed by atoms with E-state index in [1.54, 1.807) is 6.20 Å². The first-order valence-corrected chi connectivity index (χ1v) is 10.7. The topological polar surface area (TPSA) is 71.0 Å². The van der Waals surface area contributed by atoms with Crippen LogP contribution in [0.5, 0.6) is 0 Å². The Morgan fingerprint density at radius 2 is 2.17 bits per heavy atom. The van der Waals surface area contributed by atoms with E-state index in [0.717, 1.165) is 27.4 Å².